The molecule has 0 aromatic heterocycles. The summed E-state index contributed by atoms with van der Waals surface area (Å²) in [6.07, 6.45) is -3.83. The van der Waals surface area contributed by atoms with Gasteiger partial charge in [-0.25, -0.2) is 4.79 Å². The van der Waals surface area contributed by atoms with Crippen molar-refractivity contribution in [3.05, 3.63) is 28.8 Å². The van der Waals surface area contributed by atoms with Crippen LogP contribution in [0.3, 0.4) is 0 Å². The van der Waals surface area contributed by atoms with Crippen LogP contribution in [0.25, 0.3) is 0 Å². The summed E-state index contributed by atoms with van der Waals surface area (Å²) < 4.78 is 43.1. The lowest BCUT2D eigenvalue weighted by atomic mass is 10.2. The Hall–Kier alpha value is -1.96. The predicted molar refractivity (Wildman–Crippen MR) is 87.0 cm³/mol. The van der Waals surface area contributed by atoms with Gasteiger partial charge in [0.15, 0.2) is 0 Å². The Morgan fingerprint density at radius 2 is 2.04 bits per heavy atom. The number of carbonyl (C=O) groups is 1. The van der Waals surface area contributed by atoms with Crippen LogP contribution in [0, 0.1) is 0 Å². The number of benzene rings is 1. The molecule has 0 fully saturated rings. The minimum Gasteiger partial charge on any atom is -0.460 e. The quantitative estimate of drug-likeness (QED) is 0.358. The van der Waals surface area contributed by atoms with Gasteiger partial charge in [0.05, 0.1) is 22.9 Å². The minimum atomic E-state index is -4.50. The number of amidine groups is 1. The van der Waals surface area contributed by atoms with Crippen molar-refractivity contribution in [3.8, 4) is 0 Å². The van der Waals surface area contributed by atoms with Crippen LogP contribution in [-0.2, 0) is 15.7 Å². The van der Waals surface area contributed by atoms with Crippen LogP contribution in [0.15, 0.2) is 23.2 Å². The van der Waals surface area contributed by atoms with E-state index in [2.05, 4.69) is 15.8 Å². The number of hydrazine groups is 1. The zero-order valence-electron chi connectivity index (χ0n) is 13.5. The van der Waals surface area contributed by atoms with Crippen molar-refractivity contribution in [3.63, 3.8) is 0 Å². The van der Waals surface area contributed by atoms with E-state index in [1.807, 2.05) is 6.92 Å². The molecule has 24 heavy (non-hydrogen) atoms. The first-order valence-electron chi connectivity index (χ1n) is 7.32. The Balaban J connectivity index is 2.98. The highest BCUT2D eigenvalue weighted by Crippen LogP contribution is 2.33. The van der Waals surface area contributed by atoms with Crippen molar-refractivity contribution in [2.24, 2.45) is 4.99 Å². The number of rotatable bonds is 5. The molecule has 1 atom stereocenters. The molecule has 0 saturated carbocycles. The second-order valence-electron chi connectivity index (χ2n) is 4.90. The summed E-state index contributed by atoms with van der Waals surface area (Å²) in [4.78, 5) is 16.0. The van der Waals surface area contributed by atoms with Gasteiger partial charge in [-0.1, -0.05) is 18.5 Å². The monoisotopic (exact) mass is 365 g/mol. The molecule has 1 rings (SSSR count). The standard InChI is InChI=1S/C15H19ClF3N3O2/c1-4-9(3)20-13(14(23)24-5-2)22-21-12-8-10(15(17,18)19)6-7-11(12)16/h6-9,21H,4-5H2,1-3H3,(H,20,22)/t9-/m1/s1. The molecule has 0 spiro atoms. The predicted octanol–water partition coefficient (Wildman–Crippen LogP) is 4.04. The highest BCUT2D eigenvalue weighted by atomic mass is 35.5. The van der Waals surface area contributed by atoms with Crippen molar-refractivity contribution in [1.82, 2.24) is 5.43 Å². The van der Waals surface area contributed by atoms with Gasteiger partial charge in [0.25, 0.3) is 0 Å². The van der Waals surface area contributed by atoms with E-state index >= 15 is 0 Å². The van der Waals surface area contributed by atoms with Gasteiger partial charge < -0.3 is 4.74 Å². The molecule has 0 radical (unpaired) electrons. The molecule has 0 aliphatic carbocycles. The fraction of sp³-hybridized carbons (Fsp3) is 0.467. The van der Waals surface area contributed by atoms with E-state index in [0.29, 0.717) is 6.42 Å². The molecule has 1 aromatic rings. The summed E-state index contributed by atoms with van der Waals surface area (Å²) in [5.74, 6) is -0.854. The van der Waals surface area contributed by atoms with Gasteiger partial charge in [0.1, 0.15) is 0 Å². The van der Waals surface area contributed by atoms with Gasteiger partial charge in [-0.15, -0.1) is 0 Å². The fourth-order valence-electron chi connectivity index (χ4n) is 1.57. The third kappa shape index (κ3) is 5.92. The van der Waals surface area contributed by atoms with Crippen LogP contribution < -0.4 is 10.9 Å². The number of carbonyl (C=O) groups excluding carboxylic acids is 1. The summed E-state index contributed by atoms with van der Waals surface area (Å²) in [7, 11) is 0. The topological polar surface area (TPSA) is 62.7 Å². The largest absolute Gasteiger partial charge is 0.460 e. The number of hydrogen-bond acceptors (Lipinski definition) is 4. The Labute approximate surface area is 143 Å². The Kier molecular flexibility index (Phi) is 7.34. The molecular weight excluding hydrogens is 347 g/mol. The van der Waals surface area contributed by atoms with Crippen LogP contribution in [0.4, 0.5) is 18.9 Å². The molecule has 2 N–H and O–H groups in total. The van der Waals surface area contributed by atoms with Crippen LogP contribution in [0.2, 0.25) is 5.02 Å². The van der Waals surface area contributed by atoms with Crippen molar-refractivity contribution < 1.29 is 22.7 Å². The van der Waals surface area contributed by atoms with Gasteiger partial charge >= 0.3 is 12.1 Å². The summed E-state index contributed by atoms with van der Waals surface area (Å²) in [5, 5.41) is 0.0576. The second-order valence-corrected chi connectivity index (χ2v) is 5.31. The highest BCUT2D eigenvalue weighted by molar-refractivity contribution is 6.36. The first-order chi connectivity index (χ1) is 11.2. The van der Waals surface area contributed by atoms with E-state index < -0.39 is 17.7 Å². The molecule has 0 aliphatic rings. The highest BCUT2D eigenvalue weighted by Gasteiger charge is 2.31. The fourth-order valence-corrected chi connectivity index (χ4v) is 1.74. The maximum Gasteiger partial charge on any atom is 0.416 e. The van der Waals surface area contributed by atoms with E-state index in [1.54, 1.807) is 13.8 Å². The number of hydrogen-bond donors (Lipinski definition) is 2. The Morgan fingerprint density at radius 3 is 2.58 bits per heavy atom. The van der Waals surface area contributed by atoms with Crippen LogP contribution in [-0.4, -0.2) is 24.5 Å². The number of ether oxygens (including phenoxy) is 1. The van der Waals surface area contributed by atoms with E-state index in [4.69, 9.17) is 16.3 Å². The second kappa shape index (κ2) is 8.77. The minimum absolute atomic E-state index is 0.0346. The molecule has 0 heterocycles. The van der Waals surface area contributed by atoms with Crippen LogP contribution in [0.1, 0.15) is 32.8 Å². The molecule has 5 nitrogen and oxygen atoms in total. The van der Waals surface area contributed by atoms with Gasteiger partial charge in [-0.3, -0.25) is 15.8 Å². The van der Waals surface area contributed by atoms with E-state index in [0.717, 1.165) is 18.2 Å². The van der Waals surface area contributed by atoms with Crippen LogP contribution >= 0.6 is 11.6 Å². The zero-order chi connectivity index (χ0) is 18.3. The molecule has 0 amide bonds. The number of anilines is 1. The number of nitrogens with zero attached hydrogens (tertiary/aromatic N) is 1. The molecule has 1 aromatic carbocycles. The first kappa shape index (κ1) is 20.1. The number of alkyl halides is 3. The molecule has 0 bridgehead atoms. The molecule has 0 saturated heterocycles. The smallest absolute Gasteiger partial charge is 0.416 e. The Bertz CT molecular complexity index is 606. The third-order valence-corrected chi connectivity index (χ3v) is 3.35. The lowest BCUT2D eigenvalue weighted by Gasteiger charge is -2.15. The van der Waals surface area contributed by atoms with Gasteiger partial charge in [0.2, 0.25) is 5.84 Å². The summed E-state index contributed by atoms with van der Waals surface area (Å²) in [5.41, 5.74) is 4.06. The maximum absolute atomic E-state index is 12.8. The zero-order valence-corrected chi connectivity index (χ0v) is 14.3. The Morgan fingerprint density at radius 1 is 1.38 bits per heavy atom. The summed E-state index contributed by atoms with van der Waals surface area (Å²) >= 11 is 5.88. The van der Waals surface area contributed by atoms with E-state index in [9.17, 15) is 18.0 Å². The van der Waals surface area contributed by atoms with E-state index in [-0.39, 0.29) is 29.2 Å². The average molecular weight is 366 g/mol. The molecule has 9 heteroatoms. The van der Waals surface area contributed by atoms with Gasteiger partial charge in [0, 0.05) is 6.04 Å². The maximum atomic E-state index is 12.8. The molecule has 0 aliphatic heterocycles. The molecule has 134 valence electrons. The van der Waals surface area contributed by atoms with Crippen molar-refractivity contribution in [2.75, 3.05) is 12.0 Å². The number of aliphatic imine (C=N–C) groups is 1. The lowest BCUT2D eigenvalue weighted by molar-refractivity contribution is -0.137. The summed E-state index contributed by atoms with van der Waals surface area (Å²) in [6, 6.07) is 2.65. The first-order valence-corrected chi connectivity index (χ1v) is 7.70. The number of nitrogens with one attached hydrogen (secondary N) is 2. The number of esters is 1. The molecular formula is C15H19ClF3N3O2. The van der Waals surface area contributed by atoms with Crippen LogP contribution in [0.5, 0.6) is 0 Å². The normalized spacial score (nSPS) is 13.4. The number of halogens is 4. The van der Waals surface area contributed by atoms with Gasteiger partial charge in [-0.05, 0) is 38.5 Å². The molecule has 0 unspecified atom stereocenters. The summed E-state index contributed by atoms with van der Waals surface area (Å²) in [6.45, 7) is 5.45. The van der Waals surface area contributed by atoms with Crippen molar-refractivity contribution in [1.29, 1.82) is 0 Å². The SMILES string of the molecule is CCOC(=O)C(=N[C@H](C)CC)NNc1cc(C(F)(F)F)ccc1Cl. The third-order valence-electron chi connectivity index (χ3n) is 3.02. The lowest BCUT2D eigenvalue weighted by Crippen LogP contribution is -2.38. The van der Waals surface area contributed by atoms with Crippen molar-refractivity contribution in [2.45, 2.75) is 39.4 Å². The van der Waals surface area contributed by atoms with Gasteiger partial charge in [-0.2, -0.15) is 13.2 Å². The van der Waals surface area contributed by atoms with Crippen molar-refractivity contribution >= 4 is 29.1 Å². The average Bonchev–Trinajstić information content (AvgIpc) is 2.51. The van der Waals surface area contributed by atoms with E-state index in [1.165, 1.54) is 0 Å².